The molecule has 0 saturated carbocycles. The first-order valence-electron chi connectivity index (χ1n) is 5.30. The molecule has 1 rings (SSSR count). The molecule has 0 aliphatic rings. The first-order valence-corrected chi connectivity index (χ1v) is 6.42. The highest BCUT2D eigenvalue weighted by atomic mass is 79.9. The lowest BCUT2D eigenvalue weighted by atomic mass is 10.1. The van der Waals surface area contributed by atoms with Gasteiger partial charge < -0.3 is 10.5 Å². The molecule has 16 heavy (non-hydrogen) atoms. The molecule has 0 amide bonds. The van der Waals surface area contributed by atoms with E-state index in [0.29, 0.717) is 17.9 Å². The maximum Gasteiger partial charge on any atom is 0.338 e. The molecule has 0 fully saturated rings. The minimum Gasteiger partial charge on any atom is -0.462 e. The zero-order valence-electron chi connectivity index (χ0n) is 9.33. The van der Waals surface area contributed by atoms with E-state index in [1.165, 1.54) is 0 Å². The Morgan fingerprint density at radius 1 is 1.44 bits per heavy atom. The predicted octanol–water partition coefficient (Wildman–Crippen LogP) is 2.77. The number of carbonyl (C=O) groups excluding carboxylic acids is 1. The van der Waals surface area contributed by atoms with Crippen LogP contribution in [-0.4, -0.2) is 17.9 Å². The lowest BCUT2D eigenvalue weighted by molar-refractivity contribution is 0.0526. The van der Waals surface area contributed by atoms with E-state index >= 15 is 0 Å². The molecule has 0 saturated heterocycles. The molecule has 1 aromatic rings. The topological polar surface area (TPSA) is 52.3 Å². The predicted molar refractivity (Wildman–Crippen MR) is 68.9 cm³/mol. The van der Waals surface area contributed by atoms with Crippen LogP contribution in [0.25, 0.3) is 0 Å². The molecule has 3 nitrogen and oxygen atoms in total. The lowest BCUT2D eigenvalue weighted by Gasteiger charge is -2.06. The molecule has 0 aromatic heterocycles. The number of halogens is 1. The summed E-state index contributed by atoms with van der Waals surface area (Å²) in [5, 5.41) is 0.941. The van der Waals surface area contributed by atoms with Gasteiger partial charge in [0.1, 0.15) is 0 Å². The fourth-order valence-corrected chi connectivity index (χ4v) is 1.75. The van der Waals surface area contributed by atoms with Gasteiger partial charge in [0.15, 0.2) is 0 Å². The highest BCUT2D eigenvalue weighted by Gasteiger charge is 2.08. The number of rotatable bonds is 5. The minimum absolute atomic E-state index is 0.310. The highest BCUT2D eigenvalue weighted by molar-refractivity contribution is 9.09. The number of aryl methyl sites for hydroxylation is 1. The van der Waals surface area contributed by atoms with Gasteiger partial charge in [-0.25, -0.2) is 4.79 Å². The fourth-order valence-electron chi connectivity index (χ4n) is 1.47. The number of hydrogen-bond acceptors (Lipinski definition) is 3. The monoisotopic (exact) mass is 285 g/mol. The summed E-state index contributed by atoms with van der Waals surface area (Å²) in [7, 11) is 0. The number of ether oxygens (including phenoxy) is 1. The molecular formula is C12H16BrNO2. The van der Waals surface area contributed by atoms with Gasteiger partial charge in [0.25, 0.3) is 0 Å². The maximum absolute atomic E-state index is 11.5. The van der Waals surface area contributed by atoms with Crippen LogP contribution in [0.4, 0.5) is 5.69 Å². The maximum atomic E-state index is 11.5. The smallest absolute Gasteiger partial charge is 0.338 e. The van der Waals surface area contributed by atoms with Crippen molar-refractivity contribution in [3.05, 3.63) is 29.3 Å². The van der Waals surface area contributed by atoms with E-state index in [-0.39, 0.29) is 5.97 Å². The normalized spacial score (nSPS) is 10.1. The van der Waals surface area contributed by atoms with E-state index in [2.05, 4.69) is 15.9 Å². The van der Waals surface area contributed by atoms with Gasteiger partial charge in [-0.15, -0.1) is 0 Å². The SMILES string of the molecule is CCOC(=O)c1cc(N)cc(CCCBr)c1. The molecule has 0 unspecified atom stereocenters. The third-order valence-corrected chi connectivity index (χ3v) is 2.69. The van der Waals surface area contributed by atoms with Crippen molar-refractivity contribution >= 4 is 27.6 Å². The summed E-state index contributed by atoms with van der Waals surface area (Å²) in [5.41, 5.74) is 7.96. The summed E-state index contributed by atoms with van der Waals surface area (Å²) >= 11 is 3.37. The molecule has 0 atom stereocenters. The summed E-state index contributed by atoms with van der Waals surface area (Å²) in [6.07, 6.45) is 1.93. The van der Waals surface area contributed by atoms with Crippen LogP contribution < -0.4 is 5.73 Å². The van der Waals surface area contributed by atoms with E-state index in [4.69, 9.17) is 10.5 Å². The largest absolute Gasteiger partial charge is 0.462 e. The number of carbonyl (C=O) groups is 1. The van der Waals surface area contributed by atoms with Crippen LogP contribution in [0.15, 0.2) is 18.2 Å². The van der Waals surface area contributed by atoms with Gasteiger partial charge in [-0.1, -0.05) is 15.9 Å². The van der Waals surface area contributed by atoms with Crippen molar-refractivity contribution in [2.24, 2.45) is 0 Å². The Bertz CT molecular complexity index is 366. The Balaban J connectivity index is 2.84. The Hall–Kier alpha value is -1.03. The second-order valence-electron chi connectivity index (χ2n) is 3.48. The van der Waals surface area contributed by atoms with E-state index in [1.54, 1.807) is 13.0 Å². The van der Waals surface area contributed by atoms with Crippen LogP contribution in [0.1, 0.15) is 29.3 Å². The second-order valence-corrected chi connectivity index (χ2v) is 4.27. The minimum atomic E-state index is -0.310. The summed E-state index contributed by atoms with van der Waals surface area (Å²) in [6, 6.07) is 5.39. The van der Waals surface area contributed by atoms with Gasteiger partial charge in [-0.3, -0.25) is 0 Å². The van der Waals surface area contributed by atoms with Crippen LogP contribution in [0.2, 0.25) is 0 Å². The summed E-state index contributed by atoms with van der Waals surface area (Å²) in [6.45, 7) is 2.17. The second kappa shape index (κ2) is 6.53. The summed E-state index contributed by atoms with van der Waals surface area (Å²) in [5.74, 6) is -0.310. The van der Waals surface area contributed by atoms with Crippen molar-refractivity contribution in [3.8, 4) is 0 Å². The molecule has 2 N–H and O–H groups in total. The van der Waals surface area contributed by atoms with Crippen molar-refractivity contribution in [2.75, 3.05) is 17.7 Å². The number of esters is 1. The third-order valence-electron chi connectivity index (χ3n) is 2.13. The number of anilines is 1. The first kappa shape index (κ1) is 13.0. The van der Waals surface area contributed by atoms with E-state index in [9.17, 15) is 4.79 Å². The molecule has 0 aliphatic heterocycles. The van der Waals surface area contributed by atoms with Crippen molar-refractivity contribution in [2.45, 2.75) is 19.8 Å². The van der Waals surface area contributed by atoms with E-state index in [1.807, 2.05) is 12.1 Å². The third kappa shape index (κ3) is 3.85. The quantitative estimate of drug-likeness (QED) is 0.514. The van der Waals surface area contributed by atoms with Gasteiger partial charge in [0, 0.05) is 11.0 Å². The Morgan fingerprint density at radius 3 is 2.81 bits per heavy atom. The highest BCUT2D eigenvalue weighted by Crippen LogP contribution is 2.15. The first-order chi connectivity index (χ1) is 7.67. The molecule has 1 aromatic carbocycles. The van der Waals surface area contributed by atoms with Crippen LogP contribution >= 0.6 is 15.9 Å². The van der Waals surface area contributed by atoms with Gasteiger partial charge in [-0.2, -0.15) is 0 Å². The number of nitrogens with two attached hydrogens (primary N) is 1. The van der Waals surface area contributed by atoms with Crippen molar-refractivity contribution in [3.63, 3.8) is 0 Å². The van der Waals surface area contributed by atoms with Crippen LogP contribution in [-0.2, 0) is 11.2 Å². The Kier molecular flexibility index (Phi) is 5.32. The summed E-state index contributed by atoms with van der Waals surface area (Å²) < 4.78 is 4.94. The Labute approximate surface area is 104 Å². The average Bonchev–Trinajstić information content (AvgIpc) is 2.26. The molecule has 0 radical (unpaired) electrons. The van der Waals surface area contributed by atoms with Crippen LogP contribution in [0, 0.1) is 0 Å². The number of alkyl halides is 1. The van der Waals surface area contributed by atoms with Crippen molar-refractivity contribution < 1.29 is 9.53 Å². The van der Waals surface area contributed by atoms with Crippen molar-refractivity contribution in [1.82, 2.24) is 0 Å². The van der Waals surface area contributed by atoms with Gasteiger partial charge in [0.05, 0.1) is 12.2 Å². The van der Waals surface area contributed by atoms with Gasteiger partial charge >= 0.3 is 5.97 Å². The van der Waals surface area contributed by atoms with Crippen molar-refractivity contribution in [1.29, 1.82) is 0 Å². The van der Waals surface area contributed by atoms with E-state index in [0.717, 1.165) is 23.7 Å². The molecule has 0 heterocycles. The number of hydrogen-bond donors (Lipinski definition) is 1. The zero-order valence-corrected chi connectivity index (χ0v) is 10.9. The molecule has 4 heteroatoms. The molecule has 0 aliphatic carbocycles. The van der Waals surface area contributed by atoms with Crippen LogP contribution in [0.3, 0.4) is 0 Å². The lowest BCUT2D eigenvalue weighted by Crippen LogP contribution is -2.06. The molecular weight excluding hydrogens is 270 g/mol. The van der Waals surface area contributed by atoms with E-state index < -0.39 is 0 Å². The standard InChI is InChI=1S/C12H16BrNO2/c1-2-16-12(15)10-6-9(4-3-5-13)7-11(14)8-10/h6-8H,2-5,14H2,1H3. The van der Waals surface area contributed by atoms with Gasteiger partial charge in [0.2, 0.25) is 0 Å². The molecule has 88 valence electrons. The van der Waals surface area contributed by atoms with Crippen LogP contribution in [0.5, 0.6) is 0 Å². The fraction of sp³-hybridized carbons (Fsp3) is 0.417. The molecule has 0 spiro atoms. The van der Waals surface area contributed by atoms with Gasteiger partial charge in [-0.05, 0) is 43.5 Å². The Morgan fingerprint density at radius 2 is 2.19 bits per heavy atom. The summed E-state index contributed by atoms with van der Waals surface area (Å²) in [4.78, 5) is 11.5. The molecule has 0 bridgehead atoms. The number of benzene rings is 1. The number of nitrogen functional groups attached to an aromatic ring is 1. The average molecular weight is 286 g/mol. The zero-order chi connectivity index (χ0) is 12.0.